The summed E-state index contributed by atoms with van der Waals surface area (Å²) in [6.45, 7) is 8.18. The summed E-state index contributed by atoms with van der Waals surface area (Å²) >= 11 is 3.50. The predicted molar refractivity (Wildman–Crippen MR) is 82.4 cm³/mol. The number of halogens is 1. The fourth-order valence-corrected chi connectivity index (χ4v) is 3.40. The average molecular weight is 345 g/mol. The number of aliphatic hydroxyl groups excluding tert-OH is 1. The minimum absolute atomic E-state index is 0.605. The van der Waals surface area contributed by atoms with Crippen LogP contribution in [-0.4, -0.2) is 26.4 Å². The van der Waals surface area contributed by atoms with Crippen LogP contribution in [0.15, 0.2) is 16.6 Å². The van der Waals surface area contributed by atoms with Crippen LogP contribution >= 0.6 is 15.9 Å². The zero-order valence-corrected chi connectivity index (χ0v) is 14.3. The lowest BCUT2D eigenvalue weighted by atomic mass is 10.0. The van der Waals surface area contributed by atoms with Crippen LogP contribution in [0.4, 0.5) is 0 Å². The van der Waals surface area contributed by atoms with Crippen molar-refractivity contribution in [1.29, 1.82) is 0 Å². The van der Waals surface area contributed by atoms with E-state index in [0.29, 0.717) is 13.2 Å². The molecule has 0 bridgehead atoms. The Balaban J connectivity index is 2.07. The van der Waals surface area contributed by atoms with Crippen LogP contribution in [-0.2, 0) is 11.2 Å². The predicted octanol–water partition coefficient (Wildman–Crippen LogP) is 3.73. The number of hydrogen-bond donors (Lipinski definition) is 1. The highest BCUT2D eigenvalue weighted by molar-refractivity contribution is 9.10. The van der Waals surface area contributed by atoms with E-state index in [2.05, 4.69) is 35.6 Å². The number of aliphatic hydroxyl groups is 1. The molecular weight excluding hydrogens is 324 g/mol. The van der Waals surface area contributed by atoms with Crippen molar-refractivity contribution < 1.29 is 14.6 Å². The first kappa shape index (κ1) is 15.0. The standard InChI is InChI=1S/C14H21BrO3Si/c1-19(2,3)9-8-18-14(16)13-10-6-7-17-12(10)5-4-11(13)15/h4-5,14,16H,6-9H2,1-3H3. The van der Waals surface area contributed by atoms with Gasteiger partial charge in [0.15, 0.2) is 6.29 Å². The molecule has 0 radical (unpaired) electrons. The third-order valence-electron chi connectivity index (χ3n) is 3.25. The largest absolute Gasteiger partial charge is 0.493 e. The van der Waals surface area contributed by atoms with E-state index < -0.39 is 14.4 Å². The molecule has 106 valence electrons. The first-order valence-corrected chi connectivity index (χ1v) is 11.1. The molecule has 2 rings (SSSR count). The van der Waals surface area contributed by atoms with Crippen molar-refractivity contribution in [3.63, 3.8) is 0 Å². The SMILES string of the molecule is C[Si](C)(C)CCOC(O)c1c(Br)ccc2c1CCO2. The molecule has 0 amide bonds. The summed E-state index contributed by atoms with van der Waals surface area (Å²) in [5.41, 5.74) is 1.89. The fraction of sp³-hybridized carbons (Fsp3) is 0.571. The Bertz CT molecular complexity index is 457. The molecule has 1 unspecified atom stereocenters. The summed E-state index contributed by atoms with van der Waals surface area (Å²) in [4.78, 5) is 0. The molecule has 0 saturated heterocycles. The minimum atomic E-state index is -1.13. The molecule has 0 fully saturated rings. The van der Waals surface area contributed by atoms with Gasteiger partial charge >= 0.3 is 0 Å². The van der Waals surface area contributed by atoms with Crippen molar-refractivity contribution in [3.8, 4) is 5.75 Å². The van der Waals surface area contributed by atoms with Crippen molar-refractivity contribution in [2.45, 2.75) is 38.4 Å². The molecule has 0 spiro atoms. The van der Waals surface area contributed by atoms with Crippen molar-refractivity contribution in [2.75, 3.05) is 13.2 Å². The van der Waals surface area contributed by atoms with Gasteiger partial charge in [-0.25, -0.2) is 0 Å². The first-order chi connectivity index (χ1) is 8.88. The molecule has 1 heterocycles. The highest BCUT2D eigenvalue weighted by Gasteiger charge is 2.24. The molecule has 1 N–H and O–H groups in total. The molecule has 3 nitrogen and oxygen atoms in total. The van der Waals surface area contributed by atoms with Crippen LogP contribution in [0, 0.1) is 0 Å². The van der Waals surface area contributed by atoms with Crippen molar-refractivity contribution in [2.24, 2.45) is 0 Å². The van der Waals surface area contributed by atoms with Gasteiger partial charge in [0, 0.05) is 36.7 Å². The van der Waals surface area contributed by atoms with Gasteiger partial charge in [-0.3, -0.25) is 0 Å². The number of fused-ring (bicyclic) bond motifs is 1. The van der Waals surface area contributed by atoms with Crippen molar-refractivity contribution >= 4 is 24.0 Å². The maximum atomic E-state index is 10.3. The molecule has 0 aliphatic carbocycles. The number of ether oxygens (including phenoxy) is 2. The summed E-state index contributed by atoms with van der Waals surface area (Å²) in [5, 5.41) is 10.3. The molecule has 0 aromatic heterocycles. The van der Waals surface area contributed by atoms with E-state index in [1.807, 2.05) is 12.1 Å². The molecule has 1 aliphatic heterocycles. The Hall–Kier alpha value is -0.363. The fourth-order valence-electron chi connectivity index (χ4n) is 2.10. The Morgan fingerprint density at radius 1 is 1.42 bits per heavy atom. The summed E-state index contributed by atoms with van der Waals surface area (Å²) in [7, 11) is -1.13. The van der Waals surface area contributed by atoms with Gasteiger partial charge in [-0.15, -0.1) is 0 Å². The zero-order valence-electron chi connectivity index (χ0n) is 11.7. The lowest BCUT2D eigenvalue weighted by Crippen LogP contribution is -2.22. The topological polar surface area (TPSA) is 38.7 Å². The second kappa shape index (κ2) is 5.95. The van der Waals surface area contributed by atoms with Gasteiger partial charge in [0.1, 0.15) is 5.75 Å². The highest BCUT2D eigenvalue weighted by atomic mass is 79.9. The Morgan fingerprint density at radius 2 is 2.16 bits per heavy atom. The van der Waals surface area contributed by atoms with E-state index >= 15 is 0 Å². The van der Waals surface area contributed by atoms with E-state index in [9.17, 15) is 5.11 Å². The minimum Gasteiger partial charge on any atom is -0.493 e. The second-order valence-electron chi connectivity index (χ2n) is 6.07. The van der Waals surface area contributed by atoms with Crippen molar-refractivity contribution in [3.05, 3.63) is 27.7 Å². The van der Waals surface area contributed by atoms with E-state index in [-0.39, 0.29) is 0 Å². The van der Waals surface area contributed by atoms with Crippen LogP contribution < -0.4 is 4.74 Å². The van der Waals surface area contributed by atoms with Gasteiger partial charge < -0.3 is 14.6 Å². The average Bonchev–Trinajstić information content (AvgIpc) is 2.74. The van der Waals surface area contributed by atoms with Crippen LogP contribution in [0.25, 0.3) is 0 Å². The van der Waals surface area contributed by atoms with Crippen molar-refractivity contribution in [1.82, 2.24) is 0 Å². The molecule has 19 heavy (non-hydrogen) atoms. The normalized spacial score (nSPS) is 16.1. The maximum Gasteiger partial charge on any atom is 0.182 e. The monoisotopic (exact) mass is 344 g/mol. The van der Waals surface area contributed by atoms with Gasteiger partial charge in [0.05, 0.1) is 6.61 Å². The van der Waals surface area contributed by atoms with Gasteiger partial charge in [0.25, 0.3) is 0 Å². The molecule has 1 aliphatic rings. The maximum absolute atomic E-state index is 10.3. The zero-order chi connectivity index (χ0) is 14.0. The summed E-state index contributed by atoms with van der Waals surface area (Å²) < 4.78 is 12.0. The molecule has 0 saturated carbocycles. The number of rotatable bonds is 5. The Morgan fingerprint density at radius 3 is 2.84 bits per heavy atom. The van der Waals surface area contributed by atoms with Gasteiger partial charge in [-0.05, 0) is 18.2 Å². The van der Waals surface area contributed by atoms with E-state index in [1.54, 1.807) is 0 Å². The van der Waals surface area contributed by atoms with Crippen LogP contribution in [0.3, 0.4) is 0 Å². The van der Waals surface area contributed by atoms with Crippen LogP contribution in [0.5, 0.6) is 5.75 Å². The third kappa shape index (κ3) is 3.81. The van der Waals surface area contributed by atoms with E-state index in [0.717, 1.165) is 33.8 Å². The molecule has 1 aromatic carbocycles. The summed E-state index contributed by atoms with van der Waals surface area (Å²) in [6, 6.07) is 4.89. The molecule has 5 heteroatoms. The van der Waals surface area contributed by atoms with Gasteiger partial charge in [-0.1, -0.05) is 35.6 Å². The number of benzene rings is 1. The smallest absolute Gasteiger partial charge is 0.182 e. The second-order valence-corrected chi connectivity index (χ2v) is 12.5. The molecule has 1 atom stereocenters. The van der Waals surface area contributed by atoms with E-state index in [1.165, 1.54) is 0 Å². The van der Waals surface area contributed by atoms with E-state index in [4.69, 9.17) is 9.47 Å². The third-order valence-corrected chi connectivity index (χ3v) is 5.64. The number of hydrogen-bond acceptors (Lipinski definition) is 3. The van der Waals surface area contributed by atoms with Gasteiger partial charge in [-0.2, -0.15) is 0 Å². The quantitative estimate of drug-likeness (QED) is 0.653. The highest BCUT2D eigenvalue weighted by Crippen LogP contribution is 2.37. The summed E-state index contributed by atoms with van der Waals surface area (Å²) in [6.07, 6.45) is -0.0409. The van der Waals surface area contributed by atoms with Crippen LogP contribution in [0.2, 0.25) is 25.7 Å². The first-order valence-electron chi connectivity index (χ1n) is 6.62. The Kier molecular flexibility index (Phi) is 4.71. The lowest BCUT2D eigenvalue weighted by Gasteiger charge is -2.20. The van der Waals surface area contributed by atoms with Crippen LogP contribution in [0.1, 0.15) is 17.4 Å². The lowest BCUT2D eigenvalue weighted by molar-refractivity contribution is -0.0990. The molecular formula is C14H21BrO3Si. The van der Waals surface area contributed by atoms with Gasteiger partial charge in [0.2, 0.25) is 0 Å². The summed E-state index contributed by atoms with van der Waals surface area (Å²) in [5.74, 6) is 0.867. The Labute approximate surface area is 124 Å². The molecule has 1 aromatic rings.